The number of pyridine rings is 1. The zero-order chi connectivity index (χ0) is 19.0. The van der Waals surface area contributed by atoms with Gasteiger partial charge in [0, 0.05) is 22.6 Å². The van der Waals surface area contributed by atoms with Crippen molar-refractivity contribution in [2.45, 2.75) is 32.2 Å². The molecule has 1 heterocycles. The maximum atomic E-state index is 12.9. The van der Waals surface area contributed by atoms with Gasteiger partial charge in [-0.15, -0.1) is 0 Å². The average molecular weight is 381 g/mol. The highest BCUT2D eigenvalue weighted by molar-refractivity contribution is 6.30. The number of aryl methyl sites for hydroxylation is 1. The highest BCUT2D eigenvalue weighted by Gasteiger charge is 2.37. The third kappa shape index (κ3) is 3.91. The van der Waals surface area contributed by atoms with Gasteiger partial charge in [0.1, 0.15) is 0 Å². The van der Waals surface area contributed by atoms with Crippen molar-refractivity contribution < 1.29 is 4.79 Å². The zero-order valence-electron chi connectivity index (χ0n) is 15.1. The highest BCUT2D eigenvalue weighted by Crippen LogP contribution is 2.43. The summed E-state index contributed by atoms with van der Waals surface area (Å²) >= 11 is 5.97. The number of benzene rings is 2. The summed E-state index contributed by atoms with van der Waals surface area (Å²) in [5, 5.41) is 4.59. The molecule has 0 aliphatic heterocycles. The summed E-state index contributed by atoms with van der Waals surface area (Å²) in [7, 11) is 0. The van der Waals surface area contributed by atoms with E-state index in [-0.39, 0.29) is 23.9 Å². The molecule has 1 amide bonds. The van der Waals surface area contributed by atoms with Crippen LogP contribution in [0.4, 0.5) is 0 Å². The van der Waals surface area contributed by atoms with Gasteiger partial charge in [0.25, 0.3) is 5.56 Å². The van der Waals surface area contributed by atoms with Crippen LogP contribution < -0.4 is 10.9 Å². The van der Waals surface area contributed by atoms with E-state index in [0.29, 0.717) is 16.5 Å². The van der Waals surface area contributed by atoms with E-state index in [1.54, 1.807) is 0 Å². The van der Waals surface area contributed by atoms with Crippen LogP contribution in [0.15, 0.2) is 53.3 Å². The fourth-order valence-corrected chi connectivity index (χ4v) is 3.66. The second-order valence-electron chi connectivity index (χ2n) is 7.30. The lowest BCUT2D eigenvalue weighted by Gasteiger charge is -2.17. The molecular weight excluding hydrogens is 360 g/mol. The number of rotatable bonds is 5. The SMILES string of the molecule is Cc1ccc2[nH]c(=O)c(CNC(=O)C(c3ccc(Cl)cc3)C3CC3)cc2c1. The van der Waals surface area contributed by atoms with Crippen LogP contribution in [0, 0.1) is 12.8 Å². The van der Waals surface area contributed by atoms with Gasteiger partial charge in [0.05, 0.1) is 5.92 Å². The molecule has 27 heavy (non-hydrogen) atoms. The quantitative estimate of drug-likeness (QED) is 0.693. The fourth-order valence-electron chi connectivity index (χ4n) is 3.53. The van der Waals surface area contributed by atoms with Crippen LogP contribution in [0.1, 0.15) is 35.4 Å². The molecule has 1 atom stereocenters. The first-order chi connectivity index (χ1) is 13.0. The number of halogens is 1. The van der Waals surface area contributed by atoms with Gasteiger partial charge in [-0.1, -0.05) is 35.4 Å². The molecule has 0 saturated heterocycles. The lowest BCUT2D eigenvalue weighted by Crippen LogP contribution is -2.32. The maximum Gasteiger partial charge on any atom is 0.253 e. The van der Waals surface area contributed by atoms with Gasteiger partial charge in [-0.05, 0) is 67.0 Å². The van der Waals surface area contributed by atoms with Crippen molar-refractivity contribution in [2.24, 2.45) is 5.92 Å². The van der Waals surface area contributed by atoms with Crippen LogP contribution in [-0.4, -0.2) is 10.9 Å². The number of fused-ring (bicyclic) bond motifs is 1. The molecule has 0 spiro atoms. The topological polar surface area (TPSA) is 62.0 Å². The highest BCUT2D eigenvalue weighted by atomic mass is 35.5. The van der Waals surface area contributed by atoms with Gasteiger partial charge >= 0.3 is 0 Å². The summed E-state index contributed by atoms with van der Waals surface area (Å²) in [6.45, 7) is 2.23. The Kier molecular flexibility index (Phi) is 4.75. The van der Waals surface area contributed by atoms with Crippen molar-refractivity contribution in [3.8, 4) is 0 Å². The van der Waals surface area contributed by atoms with Crippen molar-refractivity contribution in [1.29, 1.82) is 0 Å². The van der Waals surface area contributed by atoms with Gasteiger partial charge in [0.15, 0.2) is 0 Å². The van der Waals surface area contributed by atoms with E-state index in [9.17, 15) is 9.59 Å². The smallest absolute Gasteiger partial charge is 0.253 e. The molecule has 1 aliphatic carbocycles. The molecule has 1 fully saturated rings. The molecule has 4 nitrogen and oxygen atoms in total. The van der Waals surface area contributed by atoms with Crippen LogP contribution in [0.3, 0.4) is 0 Å². The number of hydrogen-bond acceptors (Lipinski definition) is 2. The summed E-state index contributed by atoms with van der Waals surface area (Å²) < 4.78 is 0. The zero-order valence-corrected chi connectivity index (χ0v) is 15.8. The Morgan fingerprint density at radius 1 is 1.19 bits per heavy atom. The third-order valence-corrected chi connectivity index (χ3v) is 5.39. The number of H-pyrrole nitrogens is 1. The van der Waals surface area contributed by atoms with E-state index in [2.05, 4.69) is 10.3 Å². The second-order valence-corrected chi connectivity index (χ2v) is 7.74. The van der Waals surface area contributed by atoms with Gasteiger partial charge in [-0.3, -0.25) is 9.59 Å². The summed E-state index contributed by atoms with van der Waals surface area (Å²) in [6.07, 6.45) is 2.10. The Balaban J connectivity index is 1.54. The predicted octanol–water partition coefficient (Wildman–Crippen LogP) is 4.30. The van der Waals surface area contributed by atoms with Crippen LogP contribution in [0.2, 0.25) is 5.02 Å². The number of carbonyl (C=O) groups excluding carboxylic acids is 1. The molecule has 1 aromatic heterocycles. The number of aromatic amines is 1. The van der Waals surface area contributed by atoms with Gasteiger partial charge < -0.3 is 10.3 Å². The predicted molar refractivity (Wildman–Crippen MR) is 108 cm³/mol. The number of carbonyl (C=O) groups is 1. The maximum absolute atomic E-state index is 12.9. The summed E-state index contributed by atoms with van der Waals surface area (Å²) in [4.78, 5) is 28.1. The lowest BCUT2D eigenvalue weighted by atomic mass is 9.93. The monoisotopic (exact) mass is 380 g/mol. The first kappa shape index (κ1) is 17.8. The largest absolute Gasteiger partial charge is 0.351 e. The second kappa shape index (κ2) is 7.20. The Morgan fingerprint density at radius 3 is 2.63 bits per heavy atom. The van der Waals surface area contributed by atoms with Crippen LogP contribution in [0.5, 0.6) is 0 Å². The van der Waals surface area contributed by atoms with Crippen molar-refractivity contribution in [2.75, 3.05) is 0 Å². The molecular formula is C22H21ClN2O2. The van der Waals surface area contributed by atoms with Gasteiger partial charge in [-0.2, -0.15) is 0 Å². The molecule has 5 heteroatoms. The van der Waals surface area contributed by atoms with Crippen molar-refractivity contribution in [3.63, 3.8) is 0 Å². The molecule has 1 unspecified atom stereocenters. The van der Waals surface area contributed by atoms with Gasteiger partial charge in [-0.25, -0.2) is 0 Å². The number of aromatic nitrogens is 1. The summed E-state index contributed by atoms with van der Waals surface area (Å²) in [5.41, 5.74) is 3.30. The Morgan fingerprint density at radius 2 is 1.93 bits per heavy atom. The number of nitrogens with one attached hydrogen (secondary N) is 2. The molecule has 138 valence electrons. The molecule has 0 radical (unpaired) electrons. The molecule has 3 aromatic rings. The van der Waals surface area contributed by atoms with E-state index in [1.807, 2.05) is 55.5 Å². The standard InChI is InChI=1S/C22H21ClN2O2/c1-13-2-9-19-16(10-13)11-17(21(26)25-19)12-24-22(27)20(14-3-4-14)15-5-7-18(23)8-6-15/h2,5-11,14,20H,3-4,12H2,1H3,(H,24,27)(H,25,26). The van der Waals surface area contributed by atoms with E-state index >= 15 is 0 Å². The first-order valence-electron chi connectivity index (χ1n) is 9.17. The molecule has 1 saturated carbocycles. The molecule has 2 N–H and O–H groups in total. The Labute approximate surface area is 162 Å². The minimum absolute atomic E-state index is 0.0384. The van der Waals surface area contributed by atoms with E-state index in [1.165, 1.54) is 0 Å². The van der Waals surface area contributed by atoms with Crippen molar-refractivity contribution in [3.05, 3.63) is 80.6 Å². The van der Waals surface area contributed by atoms with Gasteiger partial charge in [0.2, 0.25) is 5.91 Å². The summed E-state index contributed by atoms with van der Waals surface area (Å²) in [6, 6.07) is 15.2. The number of hydrogen-bond donors (Lipinski definition) is 2. The van der Waals surface area contributed by atoms with E-state index < -0.39 is 0 Å². The normalized spacial score (nSPS) is 14.9. The molecule has 1 aliphatic rings. The summed E-state index contributed by atoms with van der Waals surface area (Å²) in [5.74, 6) is 0.135. The minimum atomic E-state index is -0.191. The lowest BCUT2D eigenvalue weighted by molar-refractivity contribution is -0.123. The molecule has 4 rings (SSSR count). The first-order valence-corrected chi connectivity index (χ1v) is 9.55. The Bertz CT molecular complexity index is 1050. The van der Waals surface area contributed by atoms with Crippen LogP contribution in [-0.2, 0) is 11.3 Å². The van der Waals surface area contributed by atoms with Crippen molar-refractivity contribution in [1.82, 2.24) is 10.3 Å². The fraction of sp³-hybridized carbons (Fsp3) is 0.273. The van der Waals surface area contributed by atoms with Crippen LogP contribution in [0.25, 0.3) is 10.9 Å². The van der Waals surface area contributed by atoms with Crippen molar-refractivity contribution >= 4 is 28.4 Å². The van der Waals surface area contributed by atoms with E-state index in [0.717, 1.165) is 34.9 Å². The average Bonchev–Trinajstić information content (AvgIpc) is 3.47. The minimum Gasteiger partial charge on any atom is -0.351 e. The third-order valence-electron chi connectivity index (χ3n) is 5.13. The van der Waals surface area contributed by atoms with E-state index in [4.69, 9.17) is 11.6 Å². The Hall–Kier alpha value is -2.59. The molecule has 0 bridgehead atoms. The van der Waals surface area contributed by atoms with Crippen LogP contribution >= 0.6 is 11.6 Å². The molecule has 2 aromatic carbocycles. The number of amides is 1.